The largest absolute Gasteiger partial charge is 0.493 e. The van der Waals surface area contributed by atoms with E-state index in [0.29, 0.717) is 27.6 Å². The van der Waals surface area contributed by atoms with Crippen LogP contribution in [0.25, 0.3) is 0 Å². The number of methoxy groups -OCH3 is 1. The molecule has 202 valence electrons. The molecule has 0 aliphatic rings. The van der Waals surface area contributed by atoms with E-state index in [0.717, 1.165) is 4.47 Å². The summed E-state index contributed by atoms with van der Waals surface area (Å²) in [6.07, 6.45) is 1.41. The Kier molecular flexibility index (Phi) is 9.55. The van der Waals surface area contributed by atoms with Crippen LogP contribution in [-0.2, 0) is 0 Å². The summed E-state index contributed by atoms with van der Waals surface area (Å²) in [7, 11) is 1.45. The van der Waals surface area contributed by atoms with Gasteiger partial charge < -0.3 is 14.8 Å². The Balaban J connectivity index is 1.38. The zero-order chi connectivity index (χ0) is 28.6. The lowest BCUT2D eigenvalue weighted by molar-refractivity contribution is 0.0729. The van der Waals surface area contributed by atoms with Gasteiger partial charge in [-0.25, -0.2) is 10.2 Å². The molecule has 0 radical (unpaired) electrons. The van der Waals surface area contributed by atoms with Crippen molar-refractivity contribution >= 4 is 68.8 Å². The summed E-state index contributed by atoms with van der Waals surface area (Å²) in [4.78, 5) is 37.6. The Morgan fingerprint density at radius 2 is 1.62 bits per heavy atom. The molecule has 0 fully saturated rings. The van der Waals surface area contributed by atoms with Gasteiger partial charge in [0.15, 0.2) is 11.5 Å². The first-order chi connectivity index (χ1) is 19.2. The summed E-state index contributed by atoms with van der Waals surface area (Å²) < 4.78 is 11.6. The molecular formula is C29H20BrCl2N3O5. The molecule has 8 nitrogen and oxygen atoms in total. The molecule has 0 aliphatic heterocycles. The molecule has 0 heterocycles. The number of hydrogen-bond donors (Lipinski definition) is 2. The monoisotopic (exact) mass is 639 g/mol. The molecular weight excluding hydrogens is 621 g/mol. The smallest absolute Gasteiger partial charge is 0.343 e. The number of nitrogens with zero attached hydrogens (tertiary/aromatic N) is 1. The van der Waals surface area contributed by atoms with Crippen LogP contribution in [0.2, 0.25) is 10.0 Å². The number of carbonyl (C=O) groups is 3. The van der Waals surface area contributed by atoms with E-state index in [4.69, 9.17) is 32.7 Å². The molecule has 0 atom stereocenters. The third-order valence-corrected chi connectivity index (χ3v) is 6.48. The molecule has 11 heteroatoms. The fourth-order valence-corrected chi connectivity index (χ4v) is 4.19. The number of halogens is 3. The Bertz CT molecular complexity index is 1610. The molecule has 0 saturated carbocycles. The second-order valence-electron chi connectivity index (χ2n) is 8.16. The SMILES string of the molecule is COc1cc(C=NNC(=O)c2cccc(NC(=O)c3ccc(Cl)cc3Cl)c2)ccc1OC(=O)c1ccc(Br)cc1. The highest BCUT2D eigenvalue weighted by atomic mass is 79.9. The van der Waals surface area contributed by atoms with Gasteiger partial charge in [-0.3, -0.25) is 9.59 Å². The highest BCUT2D eigenvalue weighted by molar-refractivity contribution is 9.10. The average molecular weight is 641 g/mol. The fraction of sp³-hybridized carbons (Fsp3) is 0.0345. The van der Waals surface area contributed by atoms with Crippen molar-refractivity contribution < 1.29 is 23.9 Å². The van der Waals surface area contributed by atoms with Crippen LogP contribution in [0.1, 0.15) is 36.6 Å². The summed E-state index contributed by atoms with van der Waals surface area (Å²) in [5.74, 6) is -0.935. The van der Waals surface area contributed by atoms with Gasteiger partial charge in [-0.15, -0.1) is 0 Å². The Morgan fingerprint density at radius 1 is 0.850 bits per heavy atom. The number of esters is 1. The number of hydrogen-bond acceptors (Lipinski definition) is 6. The Labute approximate surface area is 248 Å². The van der Waals surface area contributed by atoms with Crippen molar-refractivity contribution in [3.8, 4) is 11.5 Å². The minimum absolute atomic E-state index is 0.209. The Morgan fingerprint density at radius 3 is 2.35 bits per heavy atom. The summed E-state index contributed by atoms with van der Waals surface area (Å²) in [6, 6.07) is 22.5. The van der Waals surface area contributed by atoms with Crippen molar-refractivity contribution in [1.82, 2.24) is 5.43 Å². The highest BCUT2D eigenvalue weighted by Gasteiger charge is 2.14. The molecule has 40 heavy (non-hydrogen) atoms. The van der Waals surface area contributed by atoms with E-state index in [1.807, 2.05) is 0 Å². The maximum absolute atomic E-state index is 12.6. The number of benzene rings is 4. The summed E-state index contributed by atoms with van der Waals surface area (Å²) in [5, 5.41) is 7.31. The first-order valence-corrected chi connectivity index (χ1v) is 13.1. The quantitative estimate of drug-likeness (QED) is 0.0934. The maximum Gasteiger partial charge on any atom is 0.343 e. The normalized spacial score (nSPS) is 10.7. The number of ether oxygens (including phenoxy) is 2. The molecule has 2 amide bonds. The van der Waals surface area contributed by atoms with E-state index in [2.05, 4.69) is 31.8 Å². The summed E-state index contributed by atoms with van der Waals surface area (Å²) in [6.45, 7) is 0. The van der Waals surface area contributed by atoms with Crippen LogP contribution in [0.3, 0.4) is 0 Å². The molecule has 0 unspecified atom stereocenters. The summed E-state index contributed by atoms with van der Waals surface area (Å²) in [5.41, 5.74) is 4.32. The predicted octanol–water partition coefficient (Wildman–Crippen LogP) is 7.00. The highest BCUT2D eigenvalue weighted by Crippen LogP contribution is 2.28. The number of carbonyl (C=O) groups excluding carboxylic acids is 3. The van der Waals surface area contributed by atoms with Crippen LogP contribution < -0.4 is 20.2 Å². The molecule has 4 aromatic rings. The zero-order valence-electron chi connectivity index (χ0n) is 20.8. The van der Waals surface area contributed by atoms with E-state index in [9.17, 15) is 14.4 Å². The maximum atomic E-state index is 12.6. The van der Waals surface area contributed by atoms with Crippen LogP contribution in [0, 0.1) is 0 Å². The topological polar surface area (TPSA) is 106 Å². The van der Waals surface area contributed by atoms with E-state index in [-0.39, 0.29) is 21.9 Å². The van der Waals surface area contributed by atoms with Crippen LogP contribution in [0.15, 0.2) is 94.5 Å². The average Bonchev–Trinajstić information content (AvgIpc) is 2.94. The van der Waals surface area contributed by atoms with Crippen LogP contribution in [-0.4, -0.2) is 31.1 Å². The van der Waals surface area contributed by atoms with Gasteiger partial charge >= 0.3 is 5.97 Å². The van der Waals surface area contributed by atoms with Gasteiger partial charge in [0.05, 0.1) is 29.5 Å². The molecule has 0 aromatic heterocycles. The van der Waals surface area contributed by atoms with Crippen LogP contribution in [0.5, 0.6) is 11.5 Å². The van der Waals surface area contributed by atoms with Crippen molar-refractivity contribution in [2.75, 3.05) is 12.4 Å². The van der Waals surface area contributed by atoms with Gasteiger partial charge in [0.2, 0.25) is 0 Å². The number of nitrogens with one attached hydrogen (secondary N) is 2. The lowest BCUT2D eigenvalue weighted by Crippen LogP contribution is -2.18. The minimum Gasteiger partial charge on any atom is -0.493 e. The molecule has 4 aromatic carbocycles. The first kappa shape index (κ1) is 28.8. The van der Waals surface area contributed by atoms with Gasteiger partial charge in [0, 0.05) is 20.7 Å². The summed E-state index contributed by atoms with van der Waals surface area (Å²) >= 11 is 15.3. The molecule has 2 N–H and O–H groups in total. The molecule has 4 rings (SSSR count). The number of hydrazone groups is 1. The molecule has 0 aliphatic carbocycles. The van der Waals surface area contributed by atoms with Crippen molar-refractivity contribution in [3.05, 3.63) is 122 Å². The van der Waals surface area contributed by atoms with Gasteiger partial charge in [0.25, 0.3) is 11.8 Å². The number of amides is 2. The van der Waals surface area contributed by atoms with Gasteiger partial charge in [-0.2, -0.15) is 5.10 Å². The lowest BCUT2D eigenvalue weighted by Gasteiger charge is -2.10. The fourth-order valence-electron chi connectivity index (χ4n) is 3.43. The number of anilines is 1. The molecule has 0 saturated heterocycles. The van der Waals surface area contributed by atoms with Crippen molar-refractivity contribution in [3.63, 3.8) is 0 Å². The minimum atomic E-state index is -0.533. The second-order valence-corrected chi connectivity index (χ2v) is 9.92. The number of rotatable bonds is 8. The molecule has 0 bridgehead atoms. The standard InChI is InChI=1S/C29H20BrCl2N3O5/c1-39-26-13-17(5-12-25(26)40-29(38)18-6-8-20(30)9-7-18)16-33-35-27(36)19-3-2-4-22(14-19)34-28(37)23-11-10-21(31)15-24(23)32/h2-16H,1H3,(H,34,37)(H,35,36). The van der Waals surface area contributed by atoms with Crippen LogP contribution >= 0.6 is 39.1 Å². The van der Waals surface area contributed by atoms with Crippen molar-refractivity contribution in [1.29, 1.82) is 0 Å². The van der Waals surface area contributed by atoms with E-state index >= 15 is 0 Å². The van der Waals surface area contributed by atoms with Gasteiger partial charge in [-0.1, -0.05) is 45.2 Å². The molecule has 0 spiro atoms. The van der Waals surface area contributed by atoms with Crippen molar-refractivity contribution in [2.24, 2.45) is 5.10 Å². The third-order valence-electron chi connectivity index (χ3n) is 5.41. The predicted molar refractivity (Wildman–Crippen MR) is 158 cm³/mol. The second kappa shape index (κ2) is 13.3. The van der Waals surface area contributed by atoms with Crippen molar-refractivity contribution in [2.45, 2.75) is 0 Å². The van der Waals surface area contributed by atoms with Gasteiger partial charge in [-0.05, 0) is 84.4 Å². The zero-order valence-corrected chi connectivity index (χ0v) is 23.9. The van der Waals surface area contributed by atoms with Gasteiger partial charge in [0.1, 0.15) is 0 Å². The van der Waals surface area contributed by atoms with E-state index in [1.54, 1.807) is 66.7 Å². The lowest BCUT2D eigenvalue weighted by atomic mass is 10.1. The van der Waals surface area contributed by atoms with E-state index in [1.165, 1.54) is 31.5 Å². The van der Waals surface area contributed by atoms with Crippen LogP contribution in [0.4, 0.5) is 5.69 Å². The third kappa shape index (κ3) is 7.47. The first-order valence-electron chi connectivity index (χ1n) is 11.6. The Hall–Kier alpha value is -4.18. The van der Waals surface area contributed by atoms with E-state index < -0.39 is 17.8 Å².